The van der Waals surface area contributed by atoms with Gasteiger partial charge in [-0.05, 0) is 40.2 Å². The summed E-state index contributed by atoms with van der Waals surface area (Å²) in [6, 6.07) is 6.31. The number of hydrogen-bond acceptors (Lipinski definition) is 6. The molecule has 0 unspecified atom stereocenters. The van der Waals surface area contributed by atoms with Crippen LogP contribution in [0.4, 0.5) is 22.0 Å². The largest absolute Gasteiger partial charge is 0.368 e. The highest BCUT2D eigenvalue weighted by Crippen LogP contribution is 2.21. The Morgan fingerprint density at radius 2 is 2.10 bits per heavy atom. The molecule has 3 aromatic rings. The van der Waals surface area contributed by atoms with Crippen LogP contribution in [0.1, 0.15) is 0 Å². The number of nitrogens with one attached hydrogen (secondary N) is 1. The second-order valence-electron chi connectivity index (χ2n) is 4.02. The molecular weight excluding hydrogens is 341 g/mol. The third-order valence-electron chi connectivity index (χ3n) is 2.53. The van der Waals surface area contributed by atoms with E-state index in [-0.39, 0.29) is 17.8 Å². The van der Waals surface area contributed by atoms with Crippen molar-refractivity contribution in [3.05, 3.63) is 46.9 Å². The molecule has 0 fully saturated rings. The smallest absolute Gasteiger partial charge is 0.257 e. The van der Waals surface area contributed by atoms with E-state index in [4.69, 9.17) is 5.73 Å². The topological polar surface area (TPSA) is 94.5 Å². The first-order chi connectivity index (χ1) is 10.1. The van der Waals surface area contributed by atoms with E-state index in [0.717, 1.165) is 0 Å². The van der Waals surface area contributed by atoms with Crippen LogP contribution in [0.5, 0.6) is 0 Å². The van der Waals surface area contributed by atoms with Gasteiger partial charge in [0.05, 0.1) is 4.47 Å². The SMILES string of the molecule is Nc1nc(Nc2ccc(Br)c(F)c2)nc(-n2cccn2)n1. The van der Waals surface area contributed by atoms with E-state index >= 15 is 0 Å². The van der Waals surface area contributed by atoms with Gasteiger partial charge >= 0.3 is 0 Å². The van der Waals surface area contributed by atoms with Crippen LogP contribution in [-0.2, 0) is 0 Å². The maximum atomic E-state index is 13.5. The van der Waals surface area contributed by atoms with E-state index < -0.39 is 5.82 Å². The quantitative estimate of drug-likeness (QED) is 0.753. The summed E-state index contributed by atoms with van der Waals surface area (Å²) in [4.78, 5) is 12.1. The first-order valence-electron chi connectivity index (χ1n) is 5.85. The van der Waals surface area contributed by atoms with Crippen LogP contribution in [0, 0.1) is 5.82 Å². The molecule has 2 aromatic heterocycles. The third kappa shape index (κ3) is 2.97. The molecule has 0 aliphatic rings. The normalized spacial score (nSPS) is 10.6. The Kier molecular flexibility index (Phi) is 3.48. The Labute approximate surface area is 127 Å². The summed E-state index contributed by atoms with van der Waals surface area (Å²) >= 11 is 3.09. The summed E-state index contributed by atoms with van der Waals surface area (Å²) in [6.07, 6.45) is 3.27. The molecule has 2 heterocycles. The van der Waals surface area contributed by atoms with Crippen LogP contribution >= 0.6 is 15.9 Å². The van der Waals surface area contributed by atoms with Crippen molar-refractivity contribution in [2.75, 3.05) is 11.1 Å². The lowest BCUT2D eigenvalue weighted by Crippen LogP contribution is -2.09. The first-order valence-corrected chi connectivity index (χ1v) is 6.65. The molecule has 0 spiro atoms. The van der Waals surface area contributed by atoms with Gasteiger partial charge in [-0.3, -0.25) is 0 Å². The number of aromatic nitrogens is 5. The minimum absolute atomic E-state index is 0.0376. The van der Waals surface area contributed by atoms with E-state index in [1.54, 1.807) is 30.6 Å². The highest BCUT2D eigenvalue weighted by Gasteiger charge is 2.08. The molecule has 0 amide bonds. The maximum Gasteiger partial charge on any atom is 0.257 e. The summed E-state index contributed by atoms with van der Waals surface area (Å²) in [6.45, 7) is 0. The number of hydrogen-bond donors (Lipinski definition) is 2. The van der Waals surface area contributed by atoms with E-state index in [1.807, 2.05) is 0 Å². The van der Waals surface area contributed by atoms with Gasteiger partial charge in [0.25, 0.3) is 5.95 Å². The zero-order valence-electron chi connectivity index (χ0n) is 10.5. The highest BCUT2D eigenvalue weighted by atomic mass is 79.9. The Morgan fingerprint density at radius 1 is 1.24 bits per heavy atom. The first kappa shape index (κ1) is 13.4. The predicted octanol–water partition coefficient (Wildman–Crippen LogP) is 2.28. The van der Waals surface area contributed by atoms with Crippen molar-refractivity contribution in [3.8, 4) is 5.95 Å². The van der Waals surface area contributed by atoms with Crippen molar-refractivity contribution in [1.82, 2.24) is 24.7 Å². The summed E-state index contributed by atoms with van der Waals surface area (Å²) < 4.78 is 15.3. The summed E-state index contributed by atoms with van der Waals surface area (Å²) in [5.41, 5.74) is 6.14. The van der Waals surface area contributed by atoms with Crippen molar-refractivity contribution in [1.29, 1.82) is 0 Å². The summed E-state index contributed by atoms with van der Waals surface area (Å²) in [5, 5.41) is 6.89. The predicted molar refractivity (Wildman–Crippen MR) is 78.7 cm³/mol. The molecule has 0 saturated heterocycles. The lowest BCUT2D eigenvalue weighted by molar-refractivity contribution is 0.622. The van der Waals surface area contributed by atoms with Gasteiger partial charge in [-0.25, -0.2) is 9.07 Å². The zero-order valence-corrected chi connectivity index (χ0v) is 12.1. The van der Waals surface area contributed by atoms with Gasteiger partial charge in [-0.2, -0.15) is 20.1 Å². The van der Waals surface area contributed by atoms with Gasteiger partial charge in [-0.1, -0.05) is 0 Å². The van der Waals surface area contributed by atoms with Gasteiger partial charge in [0.1, 0.15) is 5.82 Å². The average molecular weight is 350 g/mol. The Bertz CT molecular complexity index is 775. The van der Waals surface area contributed by atoms with E-state index in [2.05, 4.69) is 41.3 Å². The maximum absolute atomic E-state index is 13.5. The van der Waals surface area contributed by atoms with Crippen molar-refractivity contribution in [2.45, 2.75) is 0 Å². The average Bonchev–Trinajstić information content (AvgIpc) is 2.96. The van der Waals surface area contributed by atoms with E-state index in [9.17, 15) is 4.39 Å². The second-order valence-corrected chi connectivity index (χ2v) is 4.88. The molecule has 0 aliphatic carbocycles. The van der Waals surface area contributed by atoms with Crippen molar-refractivity contribution in [3.63, 3.8) is 0 Å². The van der Waals surface area contributed by atoms with Crippen molar-refractivity contribution >= 4 is 33.5 Å². The van der Waals surface area contributed by atoms with Crippen molar-refractivity contribution < 1.29 is 4.39 Å². The van der Waals surface area contributed by atoms with Gasteiger partial charge in [-0.15, -0.1) is 0 Å². The molecule has 3 N–H and O–H groups in total. The van der Waals surface area contributed by atoms with Crippen LogP contribution in [0.25, 0.3) is 5.95 Å². The molecule has 21 heavy (non-hydrogen) atoms. The minimum Gasteiger partial charge on any atom is -0.368 e. The van der Waals surface area contributed by atoms with Crippen LogP contribution in [0.15, 0.2) is 41.1 Å². The van der Waals surface area contributed by atoms with Crippen LogP contribution in [0.2, 0.25) is 0 Å². The molecular formula is C12H9BrFN7. The van der Waals surface area contributed by atoms with E-state index in [0.29, 0.717) is 10.2 Å². The molecule has 1 aromatic carbocycles. The molecule has 106 valence electrons. The fourth-order valence-corrected chi connectivity index (χ4v) is 1.88. The number of anilines is 3. The van der Waals surface area contributed by atoms with E-state index in [1.165, 1.54) is 10.7 Å². The van der Waals surface area contributed by atoms with Gasteiger partial charge < -0.3 is 11.1 Å². The standard InChI is InChI=1S/C12H9BrFN7/c13-8-3-2-7(6-9(8)14)17-11-18-10(15)19-12(20-11)21-5-1-4-16-21/h1-6H,(H3,15,17,18,19,20). The minimum atomic E-state index is -0.394. The Balaban J connectivity index is 1.93. The Hall–Kier alpha value is -2.55. The monoisotopic (exact) mass is 349 g/mol. The number of halogens is 2. The number of nitrogen functional groups attached to an aromatic ring is 1. The number of nitrogens with two attached hydrogens (primary N) is 1. The van der Waals surface area contributed by atoms with Gasteiger partial charge in [0, 0.05) is 18.1 Å². The second kappa shape index (κ2) is 5.44. The Morgan fingerprint density at radius 3 is 2.81 bits per heavy atom. The molecule has 3 rings (SSSR count). The zero-order chi connectivity index (χ0) is 14.8. The number of nitrogens with zero attached hydrogens (tertiary/aromatic N) is 5. The lowest BCUT2D eigenvalue weighted by Gasteiger charge is -2.07. The number of rotatable bonds is 3. The van der Waals surface area contributed by atoms with Crippen LogP contribution in [-0.4, -0.2) is 24.7 Å². The third-order valence-corrected chi connectivity index (χ3v) is 3.17. The summed E-state index contributed by atoms with van der Waals surface area (Å²) in [7, 11) is 0. The fourth-order valence-electron chi connectivity index (χ4n) is 1.63. The molecule has 7 nitrogen and oxygen atoms in total. The van der Waals surface area contributed by atoms with Crippen LogP contribution in [0.3, 0.4) is 0 Å². The van der Waals surface area contributed by atoms with Crippen LogP contribution < -0.4 is 11.1 Å². The lowest BCUT2D eigenvalue weighted by atomic mass is 10.3. The molecule has 9 heteroatoms. The summed E-state index contributed by atoms with van der Waals surface area (Å²) in [5.74, 6) is 0.118. The van der Waals surface area contributed by atoms with Gasteiger partial charge in [0.15, 0.2) is 0 Å². The molecule has 0 atom stereocenters. The fraction of sp³-hybridized carbons (Fsp3) is 0. The van der Waals surface area contributed by atoms with Gasteiger partial charge in [0.2, 0.25) is 11.9 Å². The molecule has 0 saturated carbocycles. The number of benzene rings is 1. The van der Waals surface area contributed by atoms with Crippen molar-refractivity contribution in [2.24, 2.45) is 0 Å². The molecule has 0 radical (unpaired) electrons. The highest BCUT2D eigenvalue weighted by molar-refractivity contribution is 9.10. The molecule has 0 aliphatic heterocycles. The molecule has 0 bridgehead atoms.